The summed E-state index contributed by atoms with van der Waals surface area (Å²) in [5.74, 6) is 2.10. The fourth-order valence-electron chi connectivity index (χ4n) is 6.36. The van der Waals surface area contributed by atoms with E-state index in [0.717, 1.165) is 56.3 Å². The summed E-state index contributed by atoms with van der Waals surface area (Å²) in [6.07, 6.45) is 0.0727. The molecule has 6 heteroatoms. The van der Waals surface area contributed by atoms with Crippen LogP contribution in [0.5, 0.6) is 11.5 Å². The lowest BCUT2D eigenvalue weighted by molar-refractivity contribution is -0.134. The molecule has 2 fully saturated rings. The lowest BCUT2D eigenvalue weighted by atomic mass is 9.81. The second-order valence-corrected chi connectivity index (χ2v) is 11.0. The number of benzene rings is 3. The van der Waals surface area contributed by atoms with E-state index in [9.17, 15) is 4.79 Å². The Labute approximate surface area is 233 Å². The van der Waals surface area contributed by atoms with Gasteiger partial charge in [-0.1, -0.05) is 66.7 Å². The summed E-state index contributed by atoms with van der Waals surface area (Å²) >= 11 is 0. The molecule has 2 aliphatic heterocycles. The molecule has 0 radical (unpaired) electrons. The van der Waals surface area contributed by atoms with Crippen LogP contribution >= 0.6 is 0 Å². The molecule has 0 aromatic heterocycles. The maximum atomic E-state index is 12.4. The SMILES string of the molecule is COc1cccc(OC(C)C)c1CN1C[C@@H]2CN(C(C)=O)CCN2[C@H](C(c2ccccc2)c2ccccc2)C1. The number of piperazine rings is 2. The number of ether oxygens (including phenoxy) is 2. The third kappa shape index (κ3) is 6.13. The standard InChI is InChI=1S/C33H41N3O3/c1-24(2)39-32-17-11-16-31(38-4)29(32)22-34-20-28-21-35(25(3)37)18-19-36(28)30(23-34)33(26-12-7-5-8-13-26)27-14-9-6-10-15-27/h5-17,24,28,30,33H,18-23H2,1-4H3/t28-,30+/m1/s1. The number of nitrogens with zero attached hydrogens (tertiary/aromatic N) is 3. The number of hydrogen-bond donors (Lipinski definition) is 0. The van der Waals surface area contributed by atoms with Crippen LogP contribution in [0, 0.1) is 0 Å². The van der Waals surface area contributed by atoms with Gasteiger partial charge in [0.05, 0.1) is 18.8 Å². The van der Waals surface area contributed by atoms with Crippen molar-refractivity contribution in [1.29, 1.82) is 0 Å². The summed E-state index contributed by atoms with van der Waals surface area (Å²) in [6, 6.07) is 28.3. The van der Waals surface area contributed by atoms with E-state index < -0.39 is 0 Å². The smallest absolute Gasteiger partial charge is 0.219 e. The molecule has 206 valence electrons. The molecule has 2 saturated heterocycles. The van der Waals surface area contributed by atoms with Gasteiger partial charge in [-0.15, -0.1) is 0 Å². The Morgan fingerprint density at radius 2 is 1.49 bits per heavy atom. The molecule has 3 aromatic carbocycles. The van der Waals surface area contributed by atoms with E-state index in [-0.39, 0.29) is 30.0 Å². The van der Waals surface area contributed by atoms with E-state index in [2.05, 4.69) is 84.3 Å². The number of carbonyl (C=O) groups excluding carboxylic acids is 1. The zero-order valence-electron chi connectivity index (χ0n) is 23.6. The van der Waals surface area contributed by atoms with Gasteiger partial charge in [-0.3, -0.25) is 14.6 Å². The highest BCUT2D eigenvalue weighted by atomic mass is 16.5. The van der Waals surface area contributed by atoms with Crippen LogP contribution in [0.4, 0.5) is 0 Å². The van der Waals surface area contributed by atoms with Gasteiger partial charge in [-0.05, 0) is 37.1 Å². The van der Waals surface area contributed by atoms with Crippen LogP contribution in [0.1, 0.15) is 43.4 Å². The number of amides is 1. The maximum absolute atomic E-state index is 12.4. The quantitative estimate of drug-likeness (QED) is 0.411. The van der Waals surface area contributed by atoms with Gasteiger partial charge < -0.3 is 14.4 Å². The Balaban J connectivity index is 1.53. The largest absolute Gasteiger partial charge is 0.496 e. The topological polar surface area (TPSA) is 45.3 Å². The van der Waals surface area contributed by atoms with Crippen LogP contribution in [0.2, 0.25) is 0 Å². The van der Waals surface area contributed by atoms with Crippen LogP contribution in [-0.2, 0) is 11.3 Å². The van der Waals surface area contributed by atoms with Gasteiger partial charge in [0.15, 0.2) is 0 Å². The van der Waals surface area contributed by atoms with Gasteiger partial charge in [0.25, 0.3) is 0 Å². The highest BCUT2D eigenvalue weighted by Crippen LogP contribution is 2.37. The normalized spacial score (nSPS) is 20.2. The van der Waals surface area contributed by atoms with Crippen LogP contribution in [0.3, 0.4) is 0 Å². The maximum Gasteiger partial charge on any atom is 0.219 e. The van der Waals surface area contributed by atoms with E-state index in [1.54, 1.807) is 14.0 Å². The second kappa shape index (κ2) is 12.2. The van der Waals surface area contributed by atoms with Gasteiger partial charge in [0.1, 0.15) is 11.5 Å². The summed E-state index contributed by atoms with van der Waals surface area (Å²) < 4.78 is 12.0. The number of fused-ring (bicyclic) bond motifs is 1. The lowest BCUT2D eigenvalue weighted by Gasteiger charge is -2.53. The number of hydrogen-bond acceptors (Lipinski definition) is 5. The third-order valence-corrected chi connectivity index (χ3v) is 8.07. The van der Waals surface area contributed by atoms with Crippen molar-refractivity contribution < 1.29 is 14.3 Å². The second-order valence-electron chi connectivity index (χ2n) is 11.0. The van der Waals surface area contributed by atoms with E-state index in [1.165, 1.54) is 11.1 Å². The number of carbonyl (C=O) groups is 1. The molecule has 39 heavy (non-hydrogen) atoms. The van der Waals surface area contributed by atoms with Crippen LogP contribution in [0.15, 0.2) is 78.9 Å². The van der Waals surface area contributed by atoms with Crippen molar-refractivity contribution in [2.45, 2.75) is 51.4 Å². The van der Waals surface area contributed by atoms with Gasteiger partial charge in [0.2, 0.25) is 5.91 Å². The third-order valence-electron chi connectivity index (χ3n) is 8.07. The molecule has 2 atom stereocenters. The summed E-state index contributed by atoms with van der Waals surface area (Å²) in [7, 11) is 1.73. The first-order valence-electron chi connectivity index (χ1n) is 14.1. The minimum atomic E-state index is 0.0727. The Hall–Kier alpha value is -3.35. The van der Waals surface area contributed by atoms with Gasteiger partial charge >= 0.3 is 0 Å². The molecular weight excluding hydrogens is 486 g/mol. The average Bonchev–Trinajstić information content (AvgIpc) is 2.94. The number of rotatable bonds is 8. The predicted octanol–water partition coefficient (Wildman–Crippen LogP) is 5.03. The molecule has 0 unspecified atom stereocenters. The van der Waals surface area contributed by atoms with Crippen molar-refractivity contribution in [3.05, 3.63) is 95.6 Å². The summed E-state index contributed by atoms with van der Waals surface area (Å²) in [5.41, 5.74) is 3.73. The van der Waals surface area contributed by atoms with Gasteiger partial charge in [0, 0.05) is 64.2 Å². The molecule has 0 saturated carbocycles. The van der Waals surface area contributed by atoms with E-state index in [4.69, 9.17) is 9.47 Å². The van der Waals surface area contributed by atoms with Crippen molar-refractivity contribution >= 4 is 5.91 Å². The fraction of sp³-hybridized carbons (Fsp3) is 0.424. The van der Waals surface area contributed by atoms with E-state index >= 15 is 0 Å². The van der Waals surface area contributed by atoms with Crippen molar-refractivity contribution in [1.82, 2.24) is 14.7 Å². The molecule has 3 aromatic rings. The first kappa shape index (κ1) is 27.2. The first-order valence-corrected chi connectivity index (χ1v) is 14.1. The van der Waals surface area contributed by atoms with Gasteiger partial charge in [-0.2, -0.15) is 0 Å². The molecule has 1 amide bonds. The average molecular weight is 528 g/mol. The Kier molecular flexibility index (Phi) is 8.53. The van der Waals surface area contributed by atoms with Crippen LogP contribution in [-0.4, -0.2) is 78.6 Å². The molecule has 2 aliphatic rings. The molecule has 2 heterocycles. The Morgan fingerprint density at radius 3 is 2.08 bits per heavy atom. The predicted molar refractivity (Wildman–Crippen MR) is 155 cm³/mol. The monoisotopic (exact) mass is 527 g/mol. The lowest BCUT2D eigenvalue weighted by Crippen LogP contribution is -2.67. The first-order chi connectivity index (χ1) is 18.9. The summed E-state index contributed by atoms with van der Waals surface area (Å²) in [6.45, 7) is 10.7. The summed E-state index contributed by atoms with van der Waals surface area (Å²) in [5, 5.41) is 0. The Morgan fingerprint density at radius 1 is 0.846 bits per heavy atom. The fourth-order valence-corrected chi connectivity index (χ4v) is 6.36. The van der Waals surface area contributed by atoms with Crippen molar-refractivity contribution in [2.24, 2.45) is 0 Å². The molecule has 6 nitrogen and oxygen atoms in total. The molecule has 0 N–H and O–H groups in total. The van der Waals surface area contributed by atoms with Gasteiger partial charge in [-0.25, -0.2) is 0 Å². The van der Waals surface area contributed by atoms with E-state index in [1.807, 2.05) is 23.1 Å². The molecular formula is C33H41N3O3. The zero-order valence-corrected chi connectivity index (χ0v) is 23.6. The minimum Gasteiger partial charge on any atom is -0.496 e. The Bertz CT molecular complexity index is 1190. The van der Waals surface area contributed by atoms with Crippen molar-refractivity contribution in [3.8, 4) is 11.5 Å². The molecule has 5 rings (SSSR count). The van der Waals surface area contributed by atoms with E-state index in [0.29, 0.717) is 0 Å². The van der Waals surface area contributed by atoms with Crippen LogP contribution in [0.25, 0.3) is 0 Å². The van der Waals surface area contributed by atoms with Crippen molar-refractivity contribution in [3.63, 3.8) is 0 Å². The molecule has 0 bridgehead atoms. The highest BCUT2D eigenvalue weighted by Gasteiger charge is 2.43. The highest BCUT2D eigenvalue weighted by molar-refractivity contribution is 5.73. The summed E-state index contributed by atoms with van der Waals surface area (Å²) in [4.78, 5) is 19.6. The molecule has 0 aliphatic carbocycles. The minimum absolute atomic E-state index is 0.0727. The van der Waals surface area contributed by atoms with Crippen LogP contribution < -0.4 is 9.47 Å². The molecule has 0 spiro atoms. The van der Waals surface area contributed by atoms with Crippen molar-refractivity contribution in [2.75, 3.05) is 39.8 Å². The zero-order chi connectivity index (χ0) is 27.4. The number of methoxy groups -OCH3 is 1.